The van der Waals surface area contributed by atoms with Crippen LogP contribution in [0.2, 0.25) is 5.02 Å². The molecular weight excluding hydrogens is 470 g/mol. The lowest BCUT2D eigenvalue weighted by Gasteiger charge is -2.21. The van der Waals surface area contributed by atoms with Gasteiger partial charge >= 0.3 is 0 Å². The first-order chi connectivity index (χ1) is 16.9. The monoisotopic (exact) mass is 497 g/mol. The number of hydrogen-bond acceptors (Lipinski definition) is 6. The van der Waals surface area contributed by atoms with Gasteiger partial charge in [0.25, 0.3) is 5.91 Å². The minimum Gasteiger partial charge on any atom is -0.495 e. The predicted molar refractivity (Wildman–Crippen MR) is 133 cm³/mol. The highest BCUT2D eigenvalue weighted by atomic mass is 35.5. The van der Waals surface area contributed by atoms with Gasteiger partial charge in [-0.25, -0.2) is 0 Å². The zero-order valence-corrected chi connectivity index (χ0v) is 20.4. The van der Waals surface area contributed by atoms with Gasteiger partial charge in [0.05, 0.1) is 44.3 Å². The first-order valence-corrected chi connectivity index (χ1v) is 11.7. The number of halogens is 1. The standard InChI is InChI=1S/C26H28ClN3O5/c1-33-23-13-22(24(34-2)12-21(23)27)29-25(31)16-30(15-20-4-3-11-35-20)14-17-5-7-18(8-6-17)26(32)28-19-9-10-19/h3-8,11-13,19H,9-10,14-16H2,1-2H3,(H,28,32)(H,29,31). The lowest BCUT2D eigenvalue weighted by Crippen LogP contribution is -2.32. The van der Waals surface area contributed by atoms with Gasteiger partial charge in [0.1, 0.15) is 17.3 Å². The third kappa shape index (κ3) is 6.77. The molecule has 184 valence electrons. The Balaban J connectivity index is 1.45. The Morgan fingerprint density at radius 2 is 1.80 bits per heavy atom. The maximum Gasteiger partial charge on any atom is 0.251 e. The summed E-state index contributed by atoms with van der Waals surface area (Å²) in [5, 5.41) is 6.25. The van der Waals surface area contributed by atoms with Gasteiger partial charge in [0, 0.05) is 30.3 Å². The summed E-state index contributed by atoms with van der Waals surface area (Å²) in [5.41, 5.74) is 2.06. The van der Waals surface area contributed by atoms with Crippen LogP contribution in [0.4, 0.5) is 5.69 Å². The van der Waals surface area contributed by atoms with Crippen LogP contribution in [0.5, 0.6) is 11.5 Å². The first kappa shape index (κ1) is 24.6. The van der Waals surface area contributed by atoms with Gasteiger partial charge in [-0.3, -0.25) is 14.5 Å². The normalized spacial score (nSPS) is 12.9. The van der Waals surface area contributed by atoms with E-state index in [1.165, 1.54) is 14.2 Å². The van der Waals surface area contributed by atoms with Crippen LogP contribution in [0.3, 0.4) is 0 Å². The highest BCUT2D eigenvalue weighted by Gasteiger charge is 2.24. The van der Waals surface area contributed by atoms with E-state index in [1.54, 1.807) is 18.4 Å². The van der Waals surface area contributed by atoms with Crippen molar-refractivity contribution in [3.63, 3.8) is 0 Å². The van der Waals surface area contributed by atoms with E-state index in [4.69, 9.17) is 25.5 Å². The molecule has 1 saturated carbocycles. The van der Waals surface area contributed by atoms with Gasteiger partial charge in [-0.2, -0.15) is 0 Å². The van der Waals surface area contributed by atoms with Crippen LogP contribution >= 0.6 is 11.6 Å². The molecule has 9 heteroatoms. The van der Waals surface area contributed by atoms with E-state index < -0.39 is 0 Å². The zero-order chi connectivity index (χ0) is 24.8. The fraction of sp³-hybridized carbons (Fsp3) is 0.308. The molecule has 3 aromatic rings. The Morgan fingerprint density at radius 3 is 2.43 bits per heavy atom. The summed E-state index contributed by atoms with van der Waals surface area (Å²) in [7, 11) is 3.01. The second-order valence-electron chi connectivity index (χ2n) is 8.40. The summed E-state index contributed by atoms with van der Waals surface area (Å²) < 4.78 is 16.1. The molecule has 4 rings (SSSR count). The number of carbonyl (C=O) groups excluding carboxylic acids is 2. The van der Waals surface area contributed by atoms with E-state index in [0.717, 1.165) is 24.2 Å². The molecule has 35 heavy (non-hydrogen) atoms. The molecule has 0 spiro atoms. The lowest BCUT2D eigenvalue weighted by molar-refractivity contribution is -0.117. The summed E-state index contributed by atoms with van der Waals surface area (Å²) in [6.45, 7) is 1.02. The maximum atomic E-state index is 13.0. The molecule has 0 bridgehead atoms. The van der Waals surface area contributed by atoms with Crippen LogP contribution in [0.25, 0.3) is 0 Å². The molecule has 1 aromatic heterocycles. The SMILES string of the molecule is COc1cc(NC(=O)CN(Cc2ccc(C(=O)NC3CC3)cc2)Cc2ccco2)c(OC)cc1Cl. The van der Waals surface area contributed by atoms with E-state index in [-0.39, 0.29) is 18.4 Å². The van der Waals surface area contributed by atoms with Crippen molar-refractivity contribution in [1.82, 2.24) is 10.2 Å². The van der Waals surface area contributed by atoms with Crippen molar-refractivity contribution in [2.45, 2.75) is 32.0 Å². The minimum atomic E-state index is -0.236. The number of furan rings is 1. The van der Waals surface area contributed by atoms with Crippen molar-refractivity contribution in [2.75, 3.05) is 26.1 Å². The second kappa shape index (κ2) is 11.3. The van der Waals surface area contributed by atoms with E-state index in [0.29, 0.717) is 46.9 Å². The number of nitrogens with zero attached hydrogens (tertiary/aromatic N) is 1. The number of hydrogen-bond donors (Lipinski definition) is 2. The van der Waals surface area contributed by atoms with Crippen molar-refractivity contribution in [3.8, 4) is 11.5 Å². The van der Waals surface area contributed by atoms with Crippen LogP contribution in [0, 0.1) is 0 Å². The second-order valence-corrected chi connectivity index (χ2v) is 8.81. The van der Waals surface area contributed by atoms with Crippen molar-refractivity contribution in [1.29, 1.82) is 0 Å². The van der Waals surface area contributed by atoms with Crippen molar-refractivity contribution in [3.05, 3.63) is 76.7 Å². The molecule has 8 nitrogen and oxygen atoms in total. The summed E-state index contributed by atoms with van der Waals surface area (Å²) in [6, 6.07) is 14.6. The molecule has 0 atom stereocenters. The van der Waals surface area contributed by atoms with Gasteiger partial charge in [-0.1, -0.05) is 23.7 Å². The maximum absolute atomic E-state index is 13.0. The number of anilines is 1. The van der Waals surface area contributed by atoms with E-state index in [9.17, 15) is 9.59 Å². The Kier molecular flexibility index (Phi) is 7.94. The Morgan fingerprint density at radius 1 is 1.06 bits per heavy atom. The largest absolute Gasteiger partial charge is 0.495 e. The lowest BCUT2D eigenvalue weighted by atomic mass is 10.1. The number of methoxy groups -OCH3 is 2. The quantitative estimate of drug-likeness (QED) is 0.405. The molecule has 1 fully saturated rings. The summed E-state index contributed by atoms with van der Waals surface area (Å²) in [4.78, 5) is 27.2. The summed E-state index contributed by atoms with van der Waals surface area (Å²) in [6.07, 6.45) is 3.69. The van der Waals surface area contributed by atoms with Crippen LogP contribution in [-0.4, -0.2) is 43.5 Å². The average molecular weight is 498 g/mol. The average Bonchev–Trinajstić information content (AvgIpc) is 3.51. The van der Waals surface area contributed by atoms with E-state index in [2.05, 4.69) is 10.6 Å². The Bertz CT molecular complexity index is 1160. The smallest absolute Gasteiger partial charge is 0.251 e. The third-order valence-electron chi connectivity index (χ3n) is 5.61. The van der Waals surface area contributed by atoms with Gasteiger partial charge in [-0.05, 0) is 42.7 Å². The molecule has 0 saturated heterocycles. The fourth-order valence-corrected chi connectivity index (χ4v) is 3.89. The molecule has 1 heterocycles. The zero-order valence-electron chi connectivity index (χ0n) is 19.7. The number of ether oxygens (including phenoxy) is 2. The van der Waals surface area contributed by atoms with Gasteiger partial charge in [0.2, 0.25) is 5.91 Å². The highest BCUT2D eigenvalue weighted by Crippen LogP contribution is 2.35. The molecular formula is C26H28ClN3O5. The molecule has 2 N–H and O–H groups in total. The first-order valence-electron chi connectivity index (χ1n) is 11.3. The number of carbonyl (C=O) groups is 2. The Labute approximate surface area is 209 Å². The van der Waals surface area contributed by atoms with Crippen LogP contribution < -0.4 is 20.1 Å². The van der Waals surface area contributed by atoms with Crippen molar-refractivity contribution < 1.29 is 23.5 Å². The fourth-order valence-electron chi connectivity index (χ4n) is 3.66. The van der Waals surface area contributed by atoms with Crippen LogP contribution in [-0.2, 0) is 17.9 Å². The van der Waals surface area contributed by atoms with E-state index in [1.807, 2.05) is 41.3 Å². The number of benzene rings is 2. The number of amides is 2. The van der Waals surface area contributed by atoms with Crippen LogP contribution in [0.15, 0.2) is 59.2 Å². The predicted octanol–water partition coefficient (Wildman–Crippen LogP) is 4.48. The molecule has 0 radical (unpaired) electrons. The molecule has 1 aliphatic carbocycles. The molecule has 1 aliphatic rings. The van der Waals surface area contributed by atoms with Gasteiger partial charge in [-0.15, -0.1) is 0 Å². The number of rotatable bonds is 11. The minimum absolute atomic E-state index is 0.0572. The van der Waals surface area contributed by atoms with Crippen molar-refractivity contribution >= 4 is 29.1 Å². The number of nitrogens with one attached hydrogen (secondary N) is 2. The van der Waals surface area contributed by atoms with Gasteiger partial charge < -0.3 is 24.5 Å². The molecule has 2 aromatic carbocycles. The Hall–Kier alpha value is -3.49. The third-order valence-corrected chi connectivity index (χ3v) is 5.91. The summed E-state index contributed by atoms with van der Waals surface area (Å²) in [5.74, 6) is 1.31. The highest BCUT2D eigenvalue weighted by molar-refractivity contribution is 6.32. The summed E-state index contributed by atoms with van der Waals surface area (Å²) >= 11 is 6.17. The van der Waals surface area contributed by atoms with E-state index >= 15 is 0 Å². The van der Waals surface area contributed by atoms with Gasteiger partial charge in [0.15, 0.2) is 0 Å². The van der Waals surface area contributed by atoms with Crippen molar-refractivity contribution in [2.24, 2.45) is 0 Å². The molecule has 2 amide bonds. The molecule has 0 unspecified atom stereocenters. The van der Waals surface area contributed by atoms with Crippen LogP contribution in [0.1, 0.15) is 34.5 Å². The molecule has 0 aliphatic heterocycles. The topological polar surface area (TPSA) is 93.0 Å².